The number of rotatable bonds is 13. The Morgan fingerprint density at radius 1 is 1.12 bits per heavy atom. The minimum atomic E-state index is -0.871. The van der Waals surface area contributed by atoms with Gasteiger partial charge in [-0.25, -0.2) is 4.79 Å². The van der Waals surface area contributed by atoms with Gasteiger partial charge in [0, 0.05) is 17.9 Å². The van der Waals surface area contributed by atoms with Crippen molar-refractivity contribution in [2.45, 2.75) is 19.1 Å². The molecule has 1 aromatic carbocycles. The van der Waals surface area contributed by atoms with E-state index in [1.807, 2.05) is 18.2 Å². The number of thioether (sulfide) groups is 1. The fourth-order valence-electron chi connectivity index (χ4n) is 1.64. The van der Waals surface area contributed by atoms with Gasteiger partial charge in [0.05, 0.1) is 0 Å². The Bertz CT molecular complexity index is 532. The van der Waals surface area contributed by atoms with Crippen LogP contribution in [-0.4, -0.2) is 48.9 Å². The summed E-state index contributed by atoms with van der Waals surface area (Å²) in [6, 6.07) is 9.06. The first-order valence-corrected chi connectivity index (χ1v) is 8.28. The van der Waals surface area contributed by atoms with Crippen LogP contribution in [-0.2, 0) is 40.0 Å². The number of esters is 1. The van der Waals surface area contributed by atoms with E-state index in [0.717, 1.165) is 5.56 Å². The number of hydrogen-bond donors (Lipinski definition) is 0. The lowest BCUT2D eigenvalue weighted by Gasteiger charge is -2.13. The van der Waals surface area contributed by atoms with E-state index < -0.39 is 17.9 Å². The molecule has 1 unspecified atom stereocenters. The molecule has 7 nitrogen and oxygen atoms in total. The Morgan fingerprint density at radius 3 is 2.54 bits per heavy atom. The molecule has 0 bridgehead atoms. The predicted octanol–water partition coefficient (Wildman–Crippen LogP) is 1.14. The molecular formula is C16H18O7S. The van der Waals surface area contributed by atoms with Crippen molar-refractivity contribution >= 4 is 36.5 Å². The second-order valence-corrected chi connectivity index (χ2v) is 5.74. The third kappa shape index (κ3) is 8.33. The van der Waals surface area contributed by atoms with E-state index in [-0.39, 0.29) is 32.6 Å². The molecule has 0 spiro atoms. The van der Waals surface area contributed by atoms with E-state index in [1.165, 1.54) is 11.8 Å². The summed E-state index contributed by atoms with van der Waals surface area (Å²) in [5.41, 5.74) is 0.803. The first kappa shape index (κ1) is 19.7. The highest BCUT2D eigenvalue weighted by molar-refractivity contribution is 7.99. The zero-order chi connectivity index (χ0) is 17.6. The first-order chi connectivity index (χ1) is 11.7. The lowest BCUT2D eigenvalue weighted by Crippen LogP contribution is -2.23. The number of ketones is 1. The molecule has 0 aromatic heterocycles. The molecule has 0 fully saturated rings. The molecule has 1 aromatic rings. The van der Waals surface area contributed by atoms with Crippen LogP contribution in [0.3, 0.4) is 0 Å². The fourth-order valence-corrected chi connectivity index (χ4v) is 2.57. The monoisotopic (exact) mass is 354 g/mol. The smallest absolute Gasteiger partial charge is 0.374 e. The molecule has 0 saturated heterocycles. The summed E-state index contributed by atoms with van der Waals surface area (Å²) in [5.74, 6) is -0.780. The maximum absolute atomic E-state index is 11.7. The number of carbonyl (C=O) groups excluding carboxylic acids is 4. The largest absolute Gasteiger partial charge is 0.464 e. The normalized spacial score (nSPS) is 11.2. The van der Waals surface area contributed by atoms with Crippen molar-refractivity contribution in [1.29, 1.82) is 0 Å². The van der Waals surface area contributed by atoms with Gasteiger partial charge in [0.2, 0.25) is 5.78 Å². The van der Waals surface area contributed by atoms with Gasteiger partial charge in [0.15, 0.2) is 0 Å². The number of hydrogen-bond acceptors (Lipinski definition) is 8. The van der Waals surface area contributed by atoms with Crippen molar-refractivity contribution in [2.75, 3.05) is 18.1 Å². The highest BCUT2D eigenvalue weighted by Crippen LogP contribution is 2.09. The van der Waals surface area contributed by atoms with Crippen LogP contribution >= 0.6 is 11.8 Å². The van der Waals surface area contributed by atoms with Crippen molar-refractivity contribution in [2.24, 2.45) is 0 Å². The summed E-state index contributed by atoms with van der Waals surface area (Å²) in [7, 11) is 0. The minimum absolute atomic E-state index is 0.0145. The summed E-state index contributed by atoms with van der Waals surface area (Å²) >= 11 is 1.30. The molecule has 0 amide bonds. The number of carbonyl (C=O) groups is 4. The van der Waals surface area contributed by atoms with E-state index >= 15 is 0 Å². The lowest BCUT2D eigenvalue weighted by molar-refractivity contribution is -0.154. The van der Waals surface area contributed by atoms with Crippen molar-refractivity contribution in [3.05, 3.63) is 35.9 Å². The van der Waals surface area contributed by atoms with Crippen LogP contribution in [0, 0.1) is 0 Å². The number of Topliss-reactive ketones (excluding diaryl/α,β-unsaturated/α-hetero) is 1. The summed E-state index contributed by atoms with van der Waals surface area (Å²) in [5, 5.41) is 0. The number of ether oxygens (including phenoxy) is 3. The molecule has 0 N–H and O–H groups in total. The zero-order valence-electron chi connectivity index (χ0n) is 12.9. The van der Waals surface area contributed by atoms with Gasteiger partial charge in [-0.1, -0.05) is 30.3 Å². The predicted molar refractivity (Wildman–Crippen MR) is 86.1 cm³/mol. The van der Waals surface area contributed by atoms with Crippen molar-refractivity contribution < 1.29 is 33.4 Å². The Hall–Kier alpha value is -2.35. The summed E-state index contributed by atoms with van der Waals surface area (Å²) in [4.78, 5) is 43.6. The Labute approximate surface area is 143 Å². The van der Waals surface area contributed by atoms with Crippen LogP contribution in [0.5, 0.6) is 0 Å². The molecule has 0 aliphatic carbocycles. The van der Waals surface area contributed by atoms with Crippen molar-refractivity contribution in [3.63, 3.8) is 0 Å². The van der Waals surface area contributed by atoms with Gasteiger partial charge in [-0.05, 0) is 5.56 Å². The van der Waals surface area contributed by atoms with Crippen LogP contribution in [0.4, 0.5) is 0 Å². The SMILES string of the molecule is O=COCC(CSCCC(=O)C(=O)OCc1ccccc1)OC=O. The Balaban J connectivity index is 2.20. The second kappa shape index (κ2) is 12.1. The van der Waals surface area contributed by atoms with Crippen LogP contribution in [0.15, 0.2) is 30.3 Å². The van der Waals surface area contributed by atoms with E-state index in [1.54, 1.807) is 12.1 Å². The average molecular weight is 354 g/mol. The molecule has 1 atom stereocenters. The standard InChI is InChI=1S/C16H18O7S/c17-11-21-9-14(23-12-18)10-24-7-6-15(19)16(20)22-8-13-4-2-1-3-5-13/h1-5,11-12,14H,6-10H2. The van der Waals surface area contributed by atoms with Gasteiger partial charge in [-0.2, -0.15) is 11.8 Å². The summed E-state index contributed by atoms with van der Waals surface area (Å²) in [6.45, 7) is 0.530. The van der Waals surface area contributed by atoms with E-state index in [9.17, 15) is 19.2 Å². The van der Waals surface area contributed by atoms with E-state index in [2.05, 4.69) is 4.74 Å². The molecule has 0 aliphatic rings. The molecule has 0 heterocycles. The Kier molecular flexibility index (Phi) is 9.95. The maximum Gasteiger partial charge on any atom is 0.374 e. The van der Waals surface area contributed by atoms with E-state index in [4.69, 9.17) is 9.47 Å². The number of benzene rings is 1. The molecule has 24 heavy (non-hydrogen) atoms. The lowest BCUT2D eigenvalue weighted by atomic mass is 10.2. The third-order valence-corrected chi connectivity index (χ3v) is 3.92. The highest BCUT2D eigenvalue weighted by Gasteiger charge is 2.16. The molecule has 8 heteroatoms. The van der Waals surface area contributed by atoms with Crippen LogP contribution in [0.1, 0.15) is 12.0 Å². The highest BCUT2D eigenvalue weighted by atomic mass is 32.2. The van der Waals surface area contributed by atoms with Gasteiger partial charge in [-0.3, -0.25) is 14.4 Å². The topological polar surface area (TPSA) is 96.0 Å². The summed E-state index contributed by atoms with van der Waals surface area (Å²) < 4.78 is 14.2. The van der Waals surface area contributed by atoms with Gasteiger partial charge >= 0.3 is 5.97 Å². The van der Waals surface area contributed by atoms with Crippen LogP contribution in [0.25, 0.3) is 0 Å². The maximum atomic E-state index is 11.7. The molecule has 0 aliphatic heterocycles. The quantitative estimate of drug-likeness (QED) is 0.171. The van der Waals surface area contributed by atoms with Crippen molar-refractivity contribution in [1.82, 2.24) is 0 Å². The summed E-state index contributed by atoms with van der Waals surface area (Å²) in [6.07, 6.45) is -0.571. The first-order valence-electron chi connectivity index (χ1n) is 7.13. The molecule has 1 rings (SSSR count). The molecule has 0 radical (unpaired) electrons. The van der Waals surface area contributed by atoms with Gasteiger partial charge in [-0.15, -0.1) is 0 Å². The van der Waals surface area contributed by atoms with Gasteiger partial charge < -0.3 is 14.2 Å². The van der Waals surface area contributed by atoms with Gasteiger partial charge in [0.25, 0.3) is 12.9 Å². The zero-order valence-corrected chi connectivity index (χ0v) is 13.7. The van der Waals surface area contributed by atoms with Gasteiger partial charge in [0.1, 0.15) is 19.3 Å². The van der Waals surface area contributed by atoms with Crippen molar-refractivity contribution in [3.8, 4) is 0 Å². The molecule has 0 saturated carbocycles. The van der Waals surface area contributed by atoms with E-state index in [0.29, 0.717) is 11.5 Å². The molecule has 130 valence electrons. The molecular weight excluding hydrogens is 336 g/mol. The van der Waals surface area contributed by atoms with Crippen LogP contribution in [0.2, 0.25) is 0 Å². The average Bonchev–Trinajstić information content (AvgIpc) is 2.61. The fraction of sp³-hybridized carbons (Fsp3) is 0.375. The van der Waals surface area contributed by atoms with Crippen LogP contribution < -0.4 is 0 Å². The second-order valence-electron chi connectivity index (χ2n) is 4.59. The third-order valence-electron chi connectivity index (χ3n) is 2.82. The Morgan fingerprint density at radius 2 is 1.88 bits per heavy atom. The minimum Gasteiger partial charge on any atom is -0.464 e.